The van der Waals surface area contributed by atoms with Crippen LogP contribution in [0.25, 0.3) is 11.5 Å². The van der Waals surface area contributed by atoms with Gasteiger partial charge in [0.15, 0.2) is 5.76 Å². The smallest absolute Gasteiger partial charge is 0.308 e. The Morgan fingerprint density at radius 3 is 2.26 bits per heavy atom. The van der Waals surface area contributed by atoms with Crippen molar-refractivity contribution in [2.45, 2.75) is 11.8 Å². The van der Waals surface area contributed by atoms with Gasteiger partial charge in [0.25, 0.3) is 10.0 Å². The van der Waals surface area contributed by atoms with Gasteiger partial charge in [-0.3, -0.25) is 9.10 Å². The normalized spacial score (nSPS) is 16.0. The molecule has 2 aromatic carbocycles. The van der Waals surface area contributed by atoms with Gasteiger partial charge in [-0.05, 0) is 12.1 Å². The Morgan fingerprint density at radius 1 is 1.00 bits per heavy atom. The summed E-state index contributed by atoms with van der Waals surface area (Å²) in [5.74, 6) is -0.257. The van der Waals surface area contributed by atoms with E-state index < -0.39 is 16.0 Å². The minimum atomic E-state index is -3.70. The highest BCUT2D eigenvalue weighted by Crippen LogP contribution is 2.40. The number of benzene rings is 2. The van der Waals surface area contributed by atoms with Crippen LogP contribution in [0.3, 0.4) is 0 Å². The van der Waals surface area contributed by atoms with E-state index in [0.717, 1.165) is 4.31 Å². The van der Waals surface area contributed by atoms with Crippen LogP contribution < -0.4 is 0 Å². The molecule has 0 aliphatic carbocycles. The van der Waals surface area contributed by atoms with E-state index in [2.05, 4.69) is 0 Å². The first kappa shape index (κ1) is 15.3. The number of nitrogens with zero attached hydrogens (tertiary/aromatic N) is 1. The Bertz CT molecular complexity index is 901. The van der Waals surface area contributed by atoms with Crippen LogP contribution >= 0.6 is 0 Å². The lowest BCUT2D eigenvalue weighted by Crippen LogP contribution is -2.31. The zero-order valence-electron chi connectivity index (χ0n) is 12.7. The molecule has 1 aliphatic heterocycles. The lowest BCUT2D eigenvalue weighted by atomic mass is 10.1. The molecule has 1 aliphatic rings. The highest BCUT2D eigenvalue weighted by Gasteiger charge is 2.36. The molecule has 118 valence electrons. The molecule has 0 fully saturated rings. The summed E-state index contributed by atoms with van der Waals surface area (Å²) in [5.41, 5.74) is 1.39. The van der Waals surface area contributed by atoms with Crippen molar-refractivity contribution in [1.29, 1.82) is 0 Å². The van der Waals surface area contributed by atoms with Gasteiger partial charge >= 0.3 is 5.97 Å². The molecule has 0 bridgehead atoms. The van der Waals surface area contributed by atoms with Crippen molar-refractivity contribution in [2.75, 3.05) is 7.05 Å². The monoisotopic (exact) mass is 329 g/mol. The average molecular weight is 329 g/mol. The number of esters is 1. The van der Waals surface area contributed by atoms with E-state index in [4.69, 9.17) is 4.74 Å². The number of carbonyl (C=O) groups excluding carboxylic acids is 1. The molecule has 5 nitrogen and oxygen atoms in total. The second-order valence-corrected chi connectivity index (χ2v) is 7.04. The minimum absolute atomic E-state index is 0.124. The molecule has 1 heterocycles. The van der Waals surface area contributed by atoms with Crippen LogP contribution in [0.4, 0.5) is 0 Å². The first-order valence-electron chi connectivity index (χ1n) is 6.99. The topological polar surface area (TPSA) is 63.7 Å². The Balaban J connectivity index is 2.38. The molecule has 0 amide bonds. The number of rotatable bonds is 2. The van der Waals surface area contributed by atoms with Crippen molar-refractivity contribution in [3.05, 3.63) is 65.7 Å². The third-order valence-corrected chi connectivity index (χ3v) is 5.41. The standard InChI is InChI=1S/C17H15NO4S/c1-12(19)22-17-14-10-6-7-11-15(14)23(20,21)18(2)16(17)13-8-4-3-5-9-13/h3-11H,1-2H3. The SMILES string of the molecule is CC(=O)OC1=C(c2ccccc2)N(C)S(=O)(=O)c2ccccc21. The zero-order valence-corrected chi connectivity index (χ0v) is 13.5. The molecule has 0 atom stereocenters. The van der Waals surface area contributed by atoms with Crippen molar-refractivity contribution >= 4 is 27.4 Å². The van der Waals surface area contributed by atoms with Gasteiger partial charge in [0, 0.05) is 25.1 Å². The lowest BCUT2D eigenvalue weighted by Gasteiger charge is -2.30. The number of sulfonamides is 1. The van der Waals surface area contributed by atoms with E-state index in [1.807, 2.05) is 6.07 Å². The maximum atomic E-state index is 12.8. The molecule has 3 rings (SSSR count). The third kappa shape index (κ3) is 2.51. The molecule has 6 heteroatoms. The number of fused-ring (bicyclic) bond motifs is 1. The van der Waals surface area contributed by atoms with E-state index >= 15 is 0 Å². The molecule has 0 unspecified atom stereocenters. The predicted molar refractivity (Wildman–Crippen MR) is 86.4 cm³/mol. The fourth-order valence-electron chi connectivity index (χ4n) is 2.57. The van der Waals surface area contributed by atoms with Crippen molar-refractivity contribution in [3.63, 3.8) is 0 Å². The van der Waals surface area contributed by atoms with E-state index in [-0.39, 0.29) is 10.7 Å². The Morgan fingerprint density at radius 2 is 1.61 bits per heavy atom. The van der Waals surface area contributed by atoms with Gasteiger partial charge in [-0.25, -0.2) is 8.42 Å². The van der Waals surface area contributed by atoms with Crippen molar-refractivity contribution in [3.8, 4) is 0 Å². The lowest BCUT2D eigenvalue weighted by molar-refractivity contribution is -0.134. The highest BCUT2D eigenvalue weighted by atomic mass is 32.2. The average Bonchev–Trinajstić information content (AvgIpc) is 2.54. The maximum Gasteiger partial charge on any atom is 0.308 e. The molecular weight excluding hydrogens is 314 g/mol. The molecule has 0 N–H and O–H groups in total. The molecule has 23 heavy (non-hydrogen) atoms. The van der Waals surface area contributed by atoms with Gasteiger partial charge in [0.2, 0.25) is 0 Å². The third-order valence-electron chi connectivity index (χ3n) is 3.59. The van der Waals surface area contributed by atoms with Gasteiger partial charge in [-0.1, -0.05) is 42.5 Å². The van der Waals surface area contributed by atoms with Gasteiger partial charge in [-0.15, -0.1) is 0 Å². The van der Waals surface area contributed by atoms with Crippen LogP contribution in [0.2, 0.25) is 0 Å². The Labute approximate surface area is 134 Å². The first-order valence-corrected chi connectivity index (χ1v) is 8.43. The Kier molecular flexibility index (Phi) is 3.69. The fourth-order valence-corrected chi connectivity index (χ4v) is 3.99. The van der Waals surface area contributed by atoms with Crippen LogP contribution in [0.5, 0.6) is 0 Å². The van der Waals surface area contributed by atoms with Crippen LogP contribution in [-0.2, 0) is 19.6 Å². The Hall–Kier alpha value is -2.60. The first-order chi connectivity index (χ1) is 10.9. The highest BCUT2D eigenvalue weighted by molar-refractivity contribution is 7.89. The van der Waals surface area contributed by atoms with E-state index in [9.17, 15) is 13.2 Å². The summed E-state index contributed by atoms with van der Waals surface area (Å²) in [7, 11) is -2.25. The minimum Gasteiger partial charge on any atom is -0.424 e. The number of hydrogen-bond acceptors (Lipinski definition) is 4. The van der Waals surface area contributed by atoms with Crippen LogP contribution in [0, 0.1) is 0 Å². The van der Waals surface area contributed by atoms with Gasteiger partial charge in [-0.2, -0.15) is 0 Å². The number of ether oxygens (including phenoxy) is 1. The molecule has 0 spiro atoms. The van der Waals surface area contributed by atoms with Gasteiger partial charge < -0.3 is 4.74 Å². The summed E-state index contributed by atoms with van der Waals surface area (Å²) in [6.07, 6.45) is 0. The van der Waals surface area contributed by atoms with E-state index in [0.29, 0.717) is 16.8 Å². The molecular formula is C17H15NO4S. The number of hydrogen-bond donors (Lipinski definition) is 0. The molecule has 0 saturated heterocycles. The number of carbonyl (C=O) groups is 1. The molecule has 2 aromatic rings. The molecule has 0 aromatic heterocycles. The van der Waals surface area contributed by atoms with E-state index in [1.165, 1.54) is 20.0 Å². The fraction of sp³-hybridized carbons (Fsp3) is 0.118. The quantitative estimate of drug-likeness (QED) is 0.795. The van der Waals surface area contributed by atoms with Crippen molar-refractivity contribution in [2.24, 2.45) is 0 Å². The summed E-state index contributed by atoms with van der Waals surface area (Å²) >= 11 is 0. The molecule has 0 saturated carbocycles. The second kappa shape index (κ2) is 5.55. The van der Waals surface area contributed by atoms with Gasteiger partial charge in [0.05, 0.1) is 4.90 Å². The van der Waals surface area contributed by atoms with Gasteiger partial charge in [0.1, 0.15) is 5.70 Å². The summed E-state index contributed by atoms with van der Waals surface area (Å²) < 4.78 is 32.1. The van der Waals surface area contributed by atoms with E-state index in [1.54, 1.807) is 42.5 Å². The second-order valence-electron chi connectivity index (χ2n) is 5.11. The van der Waals surface area contributed by atoms with Crippen LogP contribution in [0.1, 0.15) is 18.1 Å². The summed E-state index contributed by atoms with van der Waals surface area (Å²) in [6.45, 7) is 1.29. The summed E-state index contributed by atoms with van der Waals surface area (Å²) in [4.78, 5) is 11.7. The van der Waals surface area contributed by atoms with Crippen LogP contribution in [-0.4, -0.2) is 25.7 Å². The van der Waals surface area contributed by atoms with Crippen LogP contribution in [0.15, 0.2) is 59.5 Å². The summed E-state index contributed by atoms with van der Waals surface area (Å²) in [5, 5.41) is 0. The predicted octanol–water partition coefficient (Wildman–Crippen LogP) is 2.71. The molecule has 0 radical (unpaired) electrons. The largest absolute Gasteiger partial charge is 0.424 e. The zero-order chi connectivity index (χ0) is 16.6. The maximum absolute atomic E-state index is 12.8. The summed E-state index contributed by atoms with van der Waals surface area (Å²) in [6, 6.07) is 15.5. The van der Waals surface area contributed by atoms with Crippen molar-refractivity contribution in [1.82, 2.24) is 4.31 Å². The van der Waals surface area contributed by atoms with Crippen molar-refractivity contribution < 1.29 is 17.9 Å².